The van der Waals surface area contributed by atoms with E-state index in [1.807, 2.05) is 19.9 Å². The first kappa shape index (κ1) is 8.51. The van der Waals surface area contributed by atoms with Gasteiger partial charge in [-0.05, 0) is 29.9 Å². The molecule has 1 aliphatic carbocycles. The zero-order valence-electron chi connectivity index (χ0n) is 7.39. The predicted octanol–water partition coefficient (Wildman–Crippen LogP) is 3.46. The Morgan fingerprint density at radius 1 is 1.55 bits per heavy atom. The van der Waals surface area contributed by atoms with E-state index in [2.05, 4.69) is 6.92 Å². The smallest absolute Gasteiger partial charge is 0.122 e. The lowest BCUT2D eigenvalue weighted by atomic mass is 9.88. The van der Waals surface area contributed by atoms with E-state index in [9.17, 15) is 4.39 Å². The highest BCUT2D eigenvalue weighted by Crippen LogP contribution is 2.29. The van der Waals surface area contributed by atoms with Crippen molar-refractivity contribution in [3.05, 3.63) is 23.6 Å². The van der Waals surface area contributed by atoms with Crippen molar-refractivity contribution < 1.29 is 4.39 Å². The van der Waals surface area contributed by atoms with E-state index in [1.54, 1.807) is 6.08 Å². The minimum Gasteiger partial charge on any atom is -0.207 e. The van der Waals surface area contributed by atoms with Crippen molar-refractivity contribution in [1.29, 1.82) is 0 Å². The first-order valence-electron chi connectivity index (χ1n) is 4.18. The van der Waals surface area contributed by atoms with Gasteiger partial charge in [-0.3, -0.25) is 0 Å². The summed E-state index contributed by atoms with van der Waals surface area (Å²) in [5, 5.41) is 0. The molecule has 0 saturated heterocycles. The summed E-state index contributed by atoms with van der Waals surface area (Å²) in [6.07, 6.45) is 4.42. The molecule has 0 aromatic carbocycles. The maximum atomic E-state index is 13.1. The Bertz CT molecular complexity index is 199. The van der Waals surface area contributed by atoms with Gasteiger partial charge in [0.2, 0.25) is 0 Å². The minimum atomic E-state index is -0.0156. The third-order valence-electron chi connectivity index (χ3n) is 2.12. The maximum absolute atomic E-state index is 13.1. The molecule has 0 spiro atoms. The molecule has 1 heteroatoms. The van der Waals surface area contributed by atoms with E-state index in [0.717, 1.165) is 12.0 Å². The average molecular weight is 154 g/mol. The summed E-state index contributed by atoms with van der Waals surface area (Å²) < 4.78 is 13.1. The number of rotatable bonds is 1. The monoisotopic (exact) mass is 154 g/mol. The number of allylic oxidation sites excluding steroid dienone is 4. The normalized spacial score (nSPS) is 25.0. The average Bonchev–Trinajstić information content (AvgIpc) is 1.94. The van der Waals surface area contributed by atoms with Crippen LogP contribution in [-0.2, 0) is 0 Å². The topological polar surface area (TPSA) is 0 Å². The van der Waals surface area contributed by atoms with Gasteiger partial charge in [-0.25, -0.2) is 4.39 Å². The summed E-state index contributed by atoms with van der Waals surface area (Å²) in [7, 11) is 0. The molecule has 0 saturated carbocycles. The third kappa shape index (κ3) is 1.92. The van der Waals surface area contributed by atoms with Crippen LogP contribution in [0.1, 0.15) is 27.2 Å². The molecule has 0 aromatic rings. The highest BCUT2D eigenvalue weighted by Gasteiger charge is 2.15. The summed E-state index contributed by atoms with van der Waals surface area (Å²) in [4.78, 5) is 0. The largest absolute Gasteiger partial charge is 0.207 e. The van der Waals surface area contributed by atoms with Gasteiger partial charge in [0.15, 0.2) is 0 Å². The second kappa shape index (κ2) is 3.21. The lowest BCUT2D eigenvalue weighted by molar-refractivity contribution is 0.548. The summed E-state index contributed by atoms with van der Waals surface area (Å²) in [5.41, 5.74) is 0.972. The van der Waals surface area contributed by atoms with Crippen molar-refractivity contribution >= 4 is 0 Å². The fraction of sp³-hybridized carbons (Fsp3) is 0.600. The molecule has 0 fully saturated rings. The van der Waals surface area contributed by atoms with Gasteiger partial charge in [-0.1, -0.05) is 26.8 Å². The molecule has 1 rings (SSSR count). The van der Waals surface area contributed by atoms with E-state index >= 15 is 0 Å². The van der Waals surface area contributed by atoms with Crippen molar-refractivity contribution in [3.63, 3.8) is 0 Å². The molecular weight excluding hydrogens is 139 g/mol. The van der Waals surface area contributed by atoms with Crippen LogP contribution in [0.5, 0.6) is 0 Å². The Labute approximate surface area is 67.8 Å². The van der Waals surface area contributed by atoms with Crippen molar-refractivity contribution in [3.8, 4) is 0 Å². The van der Waals surface area contributed by atoms with Crippen molar-refractivity contribution in [2.45, 2.75) is 27.2 Å². The Kier molecular flexibility index (Phi) is 2.48. The molecule has 0 amide bonds. The fourth-order valence-electron chi connectivity index (χ4n) is 1.38. The van der Waals surface area contributed by atoms with E-state index in [-0.39, 0.29) is 5.83 Å². The SMILES string of the molecule is CC1C=CC(F)=C(C(C)C)C1. The van der Waals surface area contributed by atoms with Gasteiger partial charge in [0.05, 0.1) is 0 Å². The maximum Gasteiger partial charge on any atom is 0.122 e. The number of halogens is 1. The first-order valence-corrected chi connectivity index (χ1v) is 4.18. The molecule has 0 bridgehead atoms. The summed E-state index contributed by atoms with van der Waals surface area (Å²) in [5.74, 6) is 0.840. The van der Waals surface area contributed by atoms with Gasteiger partial charge in [0, 0.05) is 0 Å². The fourth-order valence-corrected chi connectivity index (χ4v) is 1.38. The van der Waals surface area contributed by atoms with Crippen LogP contribution in [0.15, 0.2) is 23.6 Å². The zero-order chi connectivity index (χ0) is 8.43. The molecule has 1 aliphatic rings. The van der Waals surface area contributed by atoms with Crippen LogP contribution < -0.4 is 0 Å². The highest BCUT2D eigenvalue weighted by molar-refractivity contribution is 5.26. The molecule has 1 atom stereocenters. The molecule has 62 valence electrons. The summed E-state index contributed by atoms with van der Waals surface area (Å²) >= 11 is 0. The van der Waals surface area contributed by atoms with Gasteiger partial charge < -0.3 is 0 Å². The summed E-state index contributed by atoms with van der Waals surface area (Å²) in [6, 6.07) is 0. The van der Waals surface area contributed by atoms with E-state index < -0.39 is 0 Å². The molecule has 0 aromatic heterocycles. The zero-order valence-corrected chi connectivity index (χ0v) is 7.39. The molecule has 0 heterocycles. The Morgan fingerprint density at radius 2 is 2.18 bits per heavy atom. The standard InChI is InChI=1S/C10H15F/c1-7(2)9-6-8(3)4-5-10(9)11/h4-5,7-8H,6H2,1-3H3. The molecule has 11 heavy (non-hydrogen) atoms. The van der Waals surface area contributed by atoms with Gasteiger partial charge in [-0.2, -0.15) is 0 Å². The van der Waals surface area contributed by atoms with Crippen molar-refractivity contribution in [2.75, 3.05) is 0 Å². The van der Waals surface area contributed by atoms with E-state index in [4.69, 9.17) is 0 Å². The lowest BCUT2D eigenvalue weighted by Crippen LogP contribution is -2.05. The molecule has 0 radical (unpaired) electrons. The van der Waals surface area contributed by atoms with Crippen LogP contribution in [0.4, 0.5) is 4.39 Å². The third-order valence-corrected chi connectivity index (χ3v) is 2.12. The number of hydrogen-bond acceptors (Lipinski definition) is 0. The van der Waals surface area contributed by atoms with Gasteiger partial charge in [0.1, 0.15) is 5.83 Å². The first-order chi connectivity index (χ1) is 5.11. The molecule has 0 aliphatic heterocycles. The van der Waals surface area contributed by atoms with Gasteiger partial charge in [0.25, 0.3) is 0 Å². The molecule has 0 nitrogen and oxygen atoms in total. The second-order valence-corrected chi connectivity index (χ2v) is 3.57. The van der Waals surface area contributed by atoms with Crippen LogP contribution in [0.3, 0.4) is 0 Å². The van der Waals surface area contributed by atoms with Gasteiger partial charge in [-0.15, -0.1) is 0 Å². The summed E-state index contributed by atoms with van der Waals surface area (Å²) in [6.45, 7) is 6.20. The quantitative estimate of drug-likeness (QED) is 0.542. The van der Waals surface area contributed by atoms with E-state index in [0.29, 0.717) is 11.8 Å². The Morgan fingerprint density at radius 3 is 2.64 bits per heavy atom. The van der Waals surface area contributed by atoms with Gasteiger partial charge >= 0.3 is 0 Å². The number of hydrogen-bond donors (Lipinski definition) is 0. The molecular formula is C10H15F. The minimum absolute atomic E-state index is 0.0156. The highest BCUT2D eigenvalue weighted by atomic mass is 19.1. The van der Waals surface area contributed by atoms with Crippen LogP contribution in [0, 0.1) is 11.8 Å². The Balaban J connectivity index is 2.81. The van der Waals surface area contributed by atoms with Crippen LogP contribution in [-0.4, -0.2) is 0 Å². The molecule has 1 unspecified atom stereocenters. The lowest BCUT2D eigenvalue weighted by Gasteiger charge is -2.18. The van der Waals surface area contributed by atoms with Crippen molar-refractivity contribution in [1.82, 2.24) is 0 Å². The van der Waals surface area contributed by atoms with Crippen LogP contribution in [0.25, 0.3) is 0 Å². The van der Waals surface area contributed by atoms with E-state index in [1.165, 1.54) is 0 Å². The van der Waals surface area contributed by atoms with Crippen molar-refractivity contribution in [2.24, 2.45) is 11.8 Å². The second-order valence-electron chi connectivity index (χ2n) is 3.57. The molecule has 0 N–H and O–H groups in total. The van der Waals surface area contributed by atoms with Crippen LogP contribution >= 0.6 is 0 Å². The van der Waals surface area contributed by atoms with Crippen LogP contribution in [0.2, 0.25) is 0 Å². The predicted molar refractivity (Wildman–Crippen MR) is 45.9 cm³/mol. The Hall–Kier alpha value is -0.590.